The van der Waals surface area contributed by atoms with E-state index < -0.39 is 0 Å². The molecule has 126 valence electrons. The Morgan fingerprint density at radius 2 is 1.38 bits per heavy atom. The van der Waals surface area contributed by atoms with Crippen LogP contribution in [0.5, 0.6) is 0 Å². The van der Waals surface area contributed by atoms with Crippen LogP contribution in [0.25, 0.3) is 0 Å². The molecular weight excluding hydrogens is 296 g/mol. The summed E-state index contributed by atoms with van der Waals surface area (Å²) in [6, 6.07) is 12.6. The largest absolute Gasteiger partial charge is 0.368 e. The van der Waals surface area contributed by atoms with Crippen molar-refractivity contribution in [3.05, 3.63) is 64.2 Å². The van der Waals surface area contributed by atoms with Crippen molar-refractivity contribution in [3.63, 3.8) is 0 Å². The smallest absolute Gasteiger partial charge is 0.254 e. The number of hydrogen-bond acceptors (Lipinski definition) is 2. The Hall–Kier alpha value is -2.29. The number of piperazine rings is 1. The Morgan fingerprint density at radius 3 is 1.92 bits per heavy atom. The van der Waals surface area contributed by atoms with Gasteiger partial charge in [0.15, 0.2) is 0 Å². The molecule has 0 aliphatic carbocycles. The van der Waals surface area contributed by atoms with Gasteiger partial charge in [0.05, 0.1) is 0 Å². The molecule has 0 saturated carbocycles. The molecule has 3 heteroatoms. The van der Waals surface area contributed by atoms with E-state index in [1.807, 2.05) is 11.0 Å². The number of para-hydroxylation sites is 1. The number of amides is 1. The van der Waals surface area contributed by atoms with E-state index in [1.54, 1.807) is 0 Å². The fourth-order valence-electron chi connectivity index (χ4n) is 3.50. The summed E-state index contributed by atoms with van der Waals surface area (Å²) in [4.78, 5) is 17.5. The molecule has 1 heterocycles. The number of anilines is 1. The molecule has 1 aliphatic rings. The van der Waals surface area contributed by atoms with Gasteiger partial charge in [-0.25, -0.2) is 0 Å². The van der Waals surface area contributed by atoms with E-state index in [0.717, 1.165) is 42.9 Å². The van der Waals surface area contributed by atoms with Gasteiger partial charge in [0.25, 0.3) is 5.91 Å². The zero-order valence-electron chi connectivity index (χ0n) is 15.1. The second-order valence-electron chi connectivity index (χ2n) is 6.75. The molecule has 2 aromatic rings. The van der Waals surface area contributed by atoms with Gasteiger partial charge in [-0.05, 0) is 62.1 Å². The summed E-state index contributed by atoms with van der Waals surface area (Å²) in [7, 11) is 0. The van der Waals surface area contributed by atoms with Gasteiger partial charge in [0, 0.05) is 37.4 Å². The molecule has 0 bridgehead atoms. The lowest BCUT2D eigenvalue weighted by molar-refractivity contribution is 0.0745. The lowest BCUT2D eigenvalue weighted by Crippen LogP contribution is -2.49. The van der Waals surface area contributed by atoms with Crippen molar-refractivity contribution in [2.75, 3.05) is 31.1 Å². The first-order valence-electron chi connectivity index (χ1n) is 8.65. The Labute approximate surface area is 144 Å². The maximum absolute atomic E-state index is 13.1. The fourth-order valence-corrected chi connectivity index (χ4v) is 3.50. The second-order valence-corrected chi connectivity index (χ2v) is 6.75. The summed E-state index contributed by atoms with van der Waals surface area (Å²) >= 11 is 0. The number of hydrogen-bond donors (Lipinski definition) is 0. The topological polar surface area (TPSA) is 23.6 Å². The molecule has 0 spiro atoms. The maximum atomic E-state index is 13.1. The number of rotatable bonds is 2. The van der Waals surface area contributed by atoms with Gasteiger partial charge < -0.3 is 9.80 Å². The minimum Gasteiger partial charge on any atom is -0.368 e. The molecule has 0 N–H and O–H groups in total. The number of carbonyl (C=O) groups excluding carboxylic acids is 1. The van der Waals surface area contributed by atoms with Gasteiger partial charge >= 0.3 is 0 Å². The van der Waals surface area contributed by atoms with Crippen molar-refractivity contribution >= 4 is 11.6 Å². The molecule has 0 radical (unpaired) electrons. The Bertz CT molecular complexity index is 718. The first kappa shape index (κ1) is 16.6. The standard InChI is InChI=1S/C21H26N2O/c1-15-14-16(2)18(4)20(17(15)3)21(24)23-12-10-22(11-13-23)19-8-6-5-7-9-19/h5-9,14H,10-13H2,1-4H3. The van der Waals surface area contributed by atoms with Gasteiger partial charge in [-0.15, -0.1) is 0 Å². The van der Waals surface area contributed by atoms with Gasteiger partial charge in [-0.3, -0.25) is 4.79 Å². The van der Waals surface area contributed by atoms with E-state index in [4.69, 9.17) is 0 Å². The van der Waals surface area contributed by atoms with E-state index in [-0.39, 0.29) is 5.91 Å². The molecule has 1 fully saturated rings. The molecule has 0 aromatic heterocycles. The molecule has 1 aliphatic heterocycles. The van der Waals surface area contributed by atoms with Crippen LogP contribution in [0.2, 0.25) is 0 Å². The average Bonchev–Trinajstić information content (AvgIpc) is 2.61. The SMILES string of the molecule is Cc1cc(C)c(C)c(C(=O)N2CCN(c3ccccc3)CC2)c1C. The summed E-state index contributed by atoms with van der Waals surface area (Å²) in [5.41, 5.74) is 6.78. The molecule has 1 saturated heterocycles. The summed E-state index contributed by atoms with van der Waals surface area (Å²) < 4.78 is 0. The highest BCUT2D eigenvalue weighted by Crippen LogP contribution is 2.24. The van der Waals surface area contributed by atoms with E-state index in [9.17, 15) is 4.79 Å². The first-order valence-corrected chi connectivity index (χ1v) is 8.65. The van der Waals surface area contributed by atoms with E-state index in [2.05, 4.69) is 62.9 Å². The van der Waals surface area contributed by atoms with Crippen LogP contribution in [0.1, 0.15) is 32.6 Å². The second kappa shape index (κ2) is 6.68. The highest BCUT2D eigenvalue weighted by Gasteiger charge is 2.25. The maximum Gasteiger partial charge on any atom is 0.254 e. The van der Waals surface area contributed by atoms with Crippen LogP contribution in [0.3, 0.4) is 0 Å². The lowest BCUT2D eigenvalue weighted by Gasteiger charge is -2.36. The summed E-state index contributed by atoms with van der Waals surface area (Å²) in [6.45, 7) is 11.6. The van der Waals surface area contributed by atoms with E-state index >= 15 is 0 Å². The third kappa shape index (κ3) is 3.03. The molecular formula is C21H26N2O. The fraction of sp³-hybridized carbons (Fsp3) is 0.381. The molecule has 2 aromatic carbocycles. The van der Waals surface area contributed by atoms with Crippen molar-refractivity contribution in [1.29, 1.82) is 0 Å². The van der Waals surface area contributed by atoms with Gasteiger partial charge in [-0.2, -0.15) is 0 Å². The van der Waals surface area contributed by atoms with Crippen molar-refractivity contribution in [2.24, 2.45) is 0 Å². The van der Waals surface area contributed by atoms with E-state index in [1.165, 1.54) is 16.8 Å². The van der Waals surface area contributed by atoms with Crippen LogP contribution < -0.4 is 4.90 Å². The number of carbonyl (C=O) groups is 1. The van der Waals surface area contributed by atoms with Crippen LogP contribution in [0.15, 0.2) is 36.4 Å². The predicted octanol–water partition coefficient (Wildman–Crippen LogP) is 3.88. The minimum absolute atomic E-state index is 0.185. The highest BCUT2D eigenvalue weighted by molar-refractivity contribution is 5.98. The minimum atomic E-state index is 0.185. The van der Waals surface area contributed by atoms with Crippen LogP contribution >= 0.6 is 0 Å². The molecule has 3 nitrogen and oxygen atoms in total. The average molecular weight is 322 g/mol. The third-order valence-corrected chi connectivity index (χ3v) is 5.27. The molecule has 1 amide bonds. The molecule has 24 heavy (non-hydrogen) atoms. The van der Waals surface area contributed by atoms with Crippen LogP contribution in [0, 0.1) is 27.7 Å². The van der Waals surface area contributed by atoms with E-state index in [0.29, 0.717) is 0 Å². The van der Waals surface area contributed by atoms with Crippen molar-refractivity contribution in [3.8, 4) is 0 Å². The van der Waals surface area contributed by atoms with Gasteiger partial charge in [0.2, 0.25) is 0 Å². The first-order chi connectivity index (χ1) is 11.5. The van der Waals surface area contributed by atoms with Crippen molar-refractivity contribution < 1.29 is 4.79 Å². The Morgan fingerprint density at radius 1 is 0.833 bits per heavy atom. The molecule has 0 unspecified atom stereocenters. The number of nitrogens with zero attached hydrogens (tertiary/aromatic N) is 2. The van der Waals surface area contributed by atoms with Crippen LogP contribution in [-0.2, 0) is 0 Å². The zero-order chi connectivity index (χ0) is 17.3. The summed E-state index contributed by atoms with van der Waals surface area (Å²) in [6.07, 6.45) is 0. The highest BCUT2D eigenvalue weighted by atomic mass is 16.2. The van der Waals surface area contributed by atoms with Gasteiger partial charge in [-0.1, -0.05) is 24.3 Å². The monoisotopic (exact) mass is 322 g/mol. The quantitative estimate of drug-likeness (QED) is 0.837. The zero-order valence-corrected chi connectivity index (χ0v) is 15.1. The van der Waals surface area contributed by atoms with Crippen molar-refractivity contribution in [1.82, 2.24) is 4.90 Å². The Kier molecular flexibility index (Phi) is 4.61. The normalized spacial score (nSPS) is 14.8. The number of aryl methyl sites for hydroxylation is 2. The summed E-state index contributed by atoms with van der Waals surface area (Å²) in [5.74, 6) is 0.185. The van der Waals surface area contributed by atoms with Crippen molar-refractivity contribution in [2.45, 2.75) is 27.7 Å². The third-order valence-electron chi connectivity index (χ3n) is 5.27. The number of benzene rings is 2. The lowest BCUT2D eigenvalue weighted by atomic mass is 9.93. The predicted molar refractivity (Wildman–Crippen MR) is 99.9 cm³/mol. The van der Waals surface area contributed by atoms with Gasteiger partial charge in [0.1, 0.15) is 0 Å². The molecule has 0 atom stereocenters. The van der Waals surface area contributed by atoms with Crippen LogP contribution in [-0.4, -0.2) is 37.0 Å². The summed E-state index contributed by atoms with van der Waals surface area (Å²) in [5, 5.41) is 0. The Balaban J connectivity index is 1.77. The molecule has 3 rings (SSSR count). The van der Waals surface area contributed by atoms with Crippen LogP contribution in [0.4, 0.5) is 5.69 Å².